The minimum atomic E-state index is -0.538. The summed E-state index contributed by atoms with van der Waals surface area (Å²) in [6.45, 7) is 1.86. The number of phenolic OH excluding ortho intramolecular Hbond substituents is 1. The van der Waals surface area contributed by atoms with E-state index in [-0.39, 0.29) is 11.3 Å². The molecule has 0 saturated carbocycles. The Hall–Kier alpha value is -3.26. The Morgan fingerprint density at radius 1 is 1.30 bits per heavy atom. The zero-order valence-electron chi connectivity index (χ0n) is 12.8. The monoisotopic (exact) mass is 308 g/mol. The smallest absolute Gasteiger partial charge is 0.266 e. The number of amides is 1. The first-order chi connectivity index (χ1) is 11.0. The van der Waals surface area contributed by atoms with Crippen molar-refractivity contribution in [2.75, 3.05) is 12.4 Å². The van der Waals surface area contributed by atoms with Crippen LogP contribution in [0.2, 0.25) is 0 Å². The molecule has 0 aliphatic carbocycles. The summed E-state index contributed by atoms with van der Waals surface area (Å²) in [6.07, 6.45) is 1.32. The number of nitriles is 1. The zero-order valence-corrected chi connectivity index (χ0v) is 12.8. The second-order valence-corrected chi connectivity index (χ2v) is 4.86. The highest BCUT2D eigenvalue weighted by atomic mass is 16.5. The summed E-state index contributed by atoms with van der Waals surface area (Å²) >= 11 is 0. The van der Waals surface area contributed by atoms with Crippen molar-refractivity contribution in [1.29, 1.82) is 5.26 Å². The second kappa shape index (κ2) is 7.14. The number of anilines is 1. The number of carbonyl (C=O) groups is 1. The van der Waals surface area contributed by atoms with Crippen molar-refractivity contribution in [2.45, 2.75) is 6.92 Å². The van der Waals surface area contributed by atoms with Crippen LogP contribution in [-0.2, 0) is 4.79 Å². The van der Waals surface area contributed by atoms with Gasteiger partial charge in [-0.15, -0.1) is 0 Å². The van der Waals surface area contributed by atoms with Crippen molar-refractivity contribution in [2.24, 2.45) is 0 Å². The van der Waals surface area contributed by atoms with Crippen molar-refractivity contribution in [3.63, 3.8) is 0 Å². The van der Waals surface area contributed by atoms with Crippen molar-refractivity contribution in [1.82, 2.24) is 0 Å². The summed E-state index contributed by atoms with van der Waals surface area (Å²) in [5.41, 5.74) is 1.74. The Bertz CT molecular complexity index is 804. The van der Waals surface area contributed by atoms with Crippen molar-refractivity contribution in [3.8, 4) is 17.6 Å². The van der Waals surface area contributed by atoms with Crippen LogP contribution >= 0.6 is 0 Å². The highest BCUT2D eigenvalue weighted by Gasteiger charge is 2.12. The number of nitrogens with one attached hydrogen (secondary N) is 1. The van der Waals surface area contributed by atoms with E-state index in [9.17, 15) is 15.2 Å². The maximum Gasteiger partial charge on any atom is 0.266 e. The van der Waals surface area contributed by atoms with E-state index in [2.05, 4.69) is 5.32 Å². The zero-order chi connectivity index (χ0) is 16.8. The maximum absolute atomic E-state index is 12.3. The number of nitrogens with zero attached hydrogens (tertiary/aromatic N) is 1. The van der Waals surface area contributed by atoms with Gasteiger partial charge < -0.3 is 15.2 Å². The fourth-order valence-electron chi connectivity index (χ4n) is 1.98. The van der Waals surface area contributed by atoms with E-state index in [1.165, 1.54) is 19.3 Å². The van der Waals surface area contributed by atoms with Crippen LogP contribution in [0.15, 0.2) is 48.0 Å². The molecule has 0 spiro atoms. The lowest BCUT2D eigenvalue weighted by atomic mass is 10.1. The van der Waals surface area contributed by atoms with Crippen LogP contribution in [0.3, 0.4) is 0 Å². The molecule has 0 saturated heterocycles. The molecule has 0 aliphatic rings. The number of para-hydroxylation sites is 1. The van der Waals surface area contributed by atoms with Crippen LogP contribution in [0.1, 0.15) is 11.1 Å². The van der Waals surface area contributed by atoms with Crippen LogP contribution in [-0.4, -0.2) is 18.1 Å². The fourth-order valence-corrected chi connectivity index (χ4v) is 1.98. The number of aromatic hydroxyl groups is 1. The molecular formula is C18H16N2O3. The van der Waals surface area contributed by atoms with E-state index in [4.69, 9.17) is 4.74 Å². The quantitative estimate of drug-likeness (QED) is 0.671. The SMILES string of the molecule is COc1ccc(O)c(/C=C(/C#N)C(=O)Nc2ccccc2C)c1. The molecule has 0 heterocycles. The fraction of sp³-hybridized carbons (Fsp3) is 0.111. The predicted octanol–water partition coefficient (Wildman–Crippen LogP) is 3.25. The second-order valence-electron chi connectivity index (χ2n) is 4.86. The Morgan fingerprint density at radius 2 is 2.04 bits per heavy atom. The molecule has 2 aromatic carbocycles. The number of benzene rings is 2. The maximum atomic E-state index is 12.3. The van der Waals surface area contributed by atoms with Gasteiger partial charge in [0.15, 0.2) is 0 Å². The molecule has 0 aliphatic heterocycles. The predicted molar refractivity (Wildman–Crippen MR) is 88.1 cm³/mol. The van der Waals surface area contributed by atoms with Crippen LogP contribution < -0.4 is 10.1 Å². The number of hydrogen-bond donors (Lipinski definition) is 2. The van der Waals surface area contributed by atoms with Crippen LogP contribution in [0.4, 0.5) is 5.69 Å². The van der Waals surface area contributed by atoms with Gasteiger partial charge in [0.1, 0.15) is 23.1 Å². The molecule has 0 fully saturated rings. The van der Waals surface area contributed by atoms with Gasteiger partial charge in [-0.1, -0.05) is 18.2 Å². The third kappa shape index (κ3) is 3.89. The van der Waals surface area contributed by atoms with Crippen LogP contribution in [0.5, 0.6) is 11.5 Å². The molecule has 0 unspecified atom stereocenters. The largest absolute Gasteiger partial charge is 0.507 e. The topological polar surface area (TPSA) is 82.3 Å². The van der Waals surface area contributed by atoms with E-state index >= 15 is 0 Å². The summed E-state index contributed by atoms with van der Waals surface area (Å²) < 4.78 is 5.07. The van der Waals surface area contributed by atoms with Crippen LogP contribution in [0, 0.1) is 18.3 Å². The third-order valence-corrected chi connectivity index (χ3v) is 3.29. The average molecular weight is 308 g/mol. The number of ether oxygens (including phenoxy) is 1. The Kier molecular flexibility index (Phi) is 5.00. The van der Waals surface area contributed by atoms with Gasteiger partial charge >= 0.3 is 0 Å². The highest BCUT2D eigenvalue weighted by Crippen LogP contribution is 2.25. The van der Waals surface area contributed by atoms with Gasteiger partial charge in [0.2, 0.25) is 0 Å². The van der Waals surface area contributed by atoms with Gasteiger partial charge in [0.05, 0.1) is 7.11 Å². The molecule has 2 aromatic rings. The van der Waals surface area contributed by atoms with Crippen molar-refractivity contribution in [3.05, 3.63) is 59.2 Å². The number of methoxy groups -OCH3 is 1. The first kappa shape index (κ1) is 16.1. The lowest BCUT2D eigenvalue weighted by Crippen LogP contribution is -2.14. The molecule has 0 bridgehead atoms. The van der Waals surface area contributed by atoms with Gasteiger partial charge in [0, 0.05) is 11.3 Å². The van der Waals surface area contributed by atoms with Crippen molar-refractivity contribution >= 4 is 17.7 Å². The summed E-state index contributed by atoms with van der Waals surface area (Å²) in [7, 11) is 1.50. The first-order valence-electron chi connectivity index (χ1n) is 6.91. The van der Waals surface area contributed by atoms with Gasteiger partial charge in [-0.25, -0.2) is 0 Å². The van der Waals surface area contributed by atoms with E-state index in [0.29, 0.717) is 17.0 Å². The molecule has 0 radical (unpaired) electrons. The summed E-state index contributed by atoms with van der Waals surface area (Å²) in [4.78, 5) is 12.3. The van der Waals surface area contributed by atoms with Gasteiger partial charge in [-0.3, -0.25) is 4.79 Å². The van der Waals surface area contributed by atoms with Crippen molar-refractivity contribution < 1.29 is 14.6 Å². The first-order valence-corrected chi connectivity index (χ1v) is 6.91. The summed E-state index contributed by atoms with van der Waals surface area (Å²) in [6, 6.07) is 13.7. The van der Waals surface area contributed by atoms with Gasteiger partial charge in [0.25, 0.3) is 5.91 Å². The number of rotatable bonds is 4. The third-order valence-electron chi connectivity index (χ3n) is 3.29. The molecule has 1 amide bonds. The lowest BCUT2D eigenvalue weighted by Gasteiger charge is -2.08. The van der Waals surface area contributed by atoms with E-state index in [0.717, 1.165) is 5.56 Å². The Morgan fingerprint density at radius 3 is 2.70 bits per heavy atom. The Labute approximate surface area is 134 Å². The molecule has 2 rings (SSSR count). The molecule has 2 N–H and O–H groups in total. The number of aryl methyl sites for hydroxylation is 1. The number of hydrogen-bond acceptors (Lipinski definition) is 4. The van der Waals surface area contributed by atoms with E-state index in [1.54, 1.807) is 24.3 Å². The number of phenols is 1. The minimum Gasteiger partial charge on any atom is -0.507 e. The molecule has 23 heavy (non-hydrogen) atoms. The molecule has 5 nitrogen and oxygen atoms in total. The molecular weight excluding hydrogens is 292 g/mol. The normalized spacial score (nSPS) is 10.7. The Balaban J connectivity index is 2.31. The highest BCUT2D eigenvalue weighted by molar-refractivity contribution is 6.10. The molecule has 116 valence electrons. The van der Waals surface area contributed by atoms with Crippen LogP contribution in [0.25, 0.3) is 6.08 Å². The molecule has 0 aromatic heterocycles. The summed E-state index contributed by atoms with van der Waals surface area (Å²) in [5.74, 6) is -0.0584. The lowest BCUT2D eigenvalue weighted by molar-refractivity contribution is -0.112. The average Bonchev–Trinajstić information content (AvgIpc) is 2.56. The minimum absolute atomic E-state index is 0.0396. The standard InChI is InChI=1S/C18H16N2O3/c1-12-5-3-4-6-16(12)20-18(22)14(11-19)9-13-10-15(23-2)7-8-17(13)21/h3-10,21H,1-2H3,(H,20,22)/b14-9-. The van der Waals surface area contributed by atoms with E-state index < -0.39 is 5.91 Å². The van der Waals surface area contributed by atoms with Gasteiger partial charge in [-0.2, -0.15) is 5.26 Å². The molecule has 0 atom stereocenters. The summed E-state index contributed by atoms with van der Waals surface area (Å²) in [5, 5.41) is 21.8. The number of carbonyl (C=O) groups excluding carboxylic acids is 1. The van der Waals surface area contributed by atoms with Gasteiger partial charge in [-0.05, 0) is 42.8 Å². The van der Waals surface area contributed by atoms with E-state index in [1.807, 2.05) is 25.1 Å². The molecule has 5 heteroatoms.